The molecule has 2 heterocycles. The van der Waals surface area contributed by atoms with Crippen LogP contribution in [0.25, 0.3) is 11.3 Å². The number of hydrogen-bond donors (Lipinski definition) is 1. The van der Waals surface area contributed by atoms with Crippen LogP contribution < -0.4 is 5.32 Å². The Labute approximate surface area is 134 Å². The molecule has 0 aliphatic heterocycles. The number of nitrogens with one attached hydrogen (secondary N) is 1. The largest absolute Gasteiger partial charge is 0.335 e. The Morgan fingerprint density at radius 2 is 2.04 bits per heavy atom. The van der Waals surface area contributed by atoms with E-state index in [1.165, 1.54) is 0 Å². The van der Waals surface area contributed by atoms with E-state index in [1.807, 2.05) is 47.2 Å². The van der Waals surface area contributed by atoms with Gasteiger partial charge in [-0.15, -0.1) is 0 Å². The molecule has 0 radical (unpaired) electrons. The number of carbonyl (C=O) groups is 1. The molecule has 3 rings (SSSR count). The zero-order chi connectivity index (χ0) is 16.1. The smallest absolute Gasteiger partial charge is 0.247 e. The second kappa shape index (κ2) is 6.91. The summed E-state index contributed by atoms with van der Waals surface area (Å²) in [5.74, 6) is 0.424. The molecule has 1 N–H and O–H groups in total. The lowest BCUT2D eigenvalue weighted by Gasteiger charge is -2.02. The molecule has 0 fully saturated rings. The Bertz CT molecular complexity index is 775. The predicted molar refractivity (Wildman–Crippen MR) is 88.8 cm³/mol. The fourth-order valence-electron chi connectivity index (χ4n) is 2.35. The first kappa shape index (κ1) is 15.0. The summed E-state index contributed by atoms with van der Waals surface area (Å²) in [5, 5.41) is 7.21. The Morgan fingerprint density at radius 3 is 2.83 bits per heavy atom. The fraction of sp³-hybridized carbons (Fsp3) is 0.235. The van der Waals surface area contributed by atoms with Gasteiger partial charge >= 0.3 is 0 Å². The van der Waals surface area contributed by atoms with Crippen LogP contribution >= 0.6 is 0 Å². The highest BCUT2D eigenvalue weighted by Crippen LogP contribution is 2.15. The lowest BCUT2D eigenvalue weighted by Crippen LogP contribution is -2.19. The van der Waals surface area contributed by atoms with Crippen LogP contribution in [0.15, 0.2) is 55.1 Å². The average molecular weight is 309 g/mol. The van der Waals surface area contributed by atoms with Crippen molar-refractivity contribution in [2.45, 2.75) is 26.4 Å². The third kappa shape index (κ3) is 3.85. The number of anilines is 1. The van der Waals surface area contributed by atoms with E-state index in [2.05, 4.69) is 22.3 Å². The van der Waals surface area contributed by atoms with E-state index in [1.54, 1.807) is 17.2 Å². The van der Waals surface area contributed by atoms with Crippen LogP contribution in [-0.4, -0.2) is 25.2 Å². The van der Waals surface area contributed by atoms with Crippen LogP contribution in [0.4, 0.5) is 5.82 Å². The van der Waals surface area contributed by atoms with Crippen molar-refractivity contribution >= 4 is 11.7 Å². The van der Waals surface area contributed by atoms with E-state index >= 15 is 0 Å². The van der Waals surface area contributed by atoms with Gasteiger partial charge in [0.2, 0.25) is 5.91 Å². The highest BCUT2D eigenvalue weighted by atomic mass is 16.2. The van der Waals surface area contributed by atoms with Gasteiger partial charge in [-0.1, -0.05) is 37.3 Å². The van der Waals surface area contributed by atoms with Crippen LogP contribution in [0.3, 0.4) is 0 Å². The van der Waals surface area contributed by atoms with Gasteiger partial charge < -0.3 is 9.88 Å². The molecule has 23 heavy (non-hydrogen) atoms. The molecule has 0 saturated carbocycles. The molecule has 6 nitrogen and oxygen atoms in total. The van der Waals surface area contributed by atoms with E-state index in [0.717, 1.165) is 24.2 Å². The summed E-state index contributed by atoms with van der Waals surface area (Å²) >= 11 is 0. The van der Waals surface area contributed by atoms with Gasteiger partial charge in [-0.3, -0.25) is 9.48 Å². The first-order valence-electron chi connectivity index (χ1n) is 7.65. The Balaban J connectivity index is 1.60. The summed E-state index contributed by atoms with van der Waals surface area (Å²) in [6.07, 6.45) is 6.39. The Hall–Kier alpha value is -2.89. The molecule has 0 unspecified atom stereocenters. The Kier molecular flexibility index (Phi) is 4.52. The highest BCUT2D eigenvalue weighted by Gasteiger charge is 2.08. The van der Waals surface area contributed by atoms with Crippen molar-refractivity contribution in [1.29, 1.82) is 0 Å². The molecule has 0 saturated heterocycles. The van der Waals surface area contributed by atoms with Gasteiger partial charge in [0.05, 0.1) is 12.0 Å². The summed E-state index contributed by atoms with van der Waals surface area (Å²) in [4.78, 5) is 16.2. The second-order valence-electron chi connectivity index (χ2n) is 5.31. The molecular formula is C17H19N5O. The molecule has 1 amide bonds. The van der Waals surface area contributed by atoms with E-state index in [0.29, 0.717) is 5.82 Å². The minimum absolute atomic E-state index is 0.144. The summed E-state index contributed by atoms with van der Waals surface area (Å²) in [7, 11) is 0. The quantitative estimate of drug-likeness (QED) is 0.761. The monoisotopic (exact) mass is 309 g/mol. The van der Waals surface area contributed by atoms with Gasteiger partial charge in [-0.2, -0.15) is 5.10 Å². The molecular weight excluding hydrogens is 290 g/mol. The van der Waals surface area contributed by atoms with Crippen LogP contribution in [0.5, 0.6) is 0 Å². The van der Waals surface area contributed by atoms with Crippen LogP contribution in [0, 0.1) is 0 Å². The maximum absolute atomic E-state index is 12.1. The Morgan fingerprint density at radius 1 is 1.22 bits per heavy atom. The van der Waals surface area contributed by atoms with Crippen molar-refractivity contribution in [3.8, 4) is 11.3 Å². The van der Waals surface area contributed by atoms with Crippen molar-refractivity contribution in [2.75, 3.05) is 5.32 Å². The molecule has 3 aromatic rings. The summed E-state index contributed by atoms with van der Waals surface area (Å²) in [5.41, 5.74) is 1.88. The van der Waals surface area contributed by atoms with Crippen LogP contribution in [0.1, 0.15) is 13.3 Å². The van der Waals surface area contributed by atoms with Gasteiger partial charge in [0.1, 0.15) is 6.54 Å². The number of amides is 1. The number of aryl methyl sites for hydroxylation is 1. The van der Waals surface area contributed by atoms with Crippen LogP contribution in [0.2, 0.25) is 0 Å². The molecule has 0 aliphatic rings. The van der Waals surface area contributed by atoms with Crippen molar-refractivity contribution in [3.63, 3.8) is 0 Å². The van der Waals surface area contributed by atoms with Gasteiger partial charge in [-0.25, -0.2) is 4.98 Å². The highest BCUT2D eigenvalue weighted by molar-refractivity contribution is 5.89. The number of carbonyl (C=O) groups excluding carboxylic acids is 1. The average Bonchev–Trinajstić information content (AvgIpc) is 3.18. The molecule has 0 atom stereocenters. The van der Waals surface area contributed by atoms with Crippen molar-refractivity contribution in [2.24, 2.45) is 0 Å². The van der Waals surface area contributed by atoms with Crippen molar-refractivity contribution in [3.05, 3.63) is 55.1 Å². The van der Waals surface area contributed by atoms with Gasteiger partial charge in [-0.05, 0) is 12.5 Å². The number of nitrogens with zero attached hydrogens (tertiary/aromatic N) is 4. The van der Waals surface area contributed by atoms with Gasteiger partial charge in [0, 0.05) is 24.5 Å². The molecule has 0 aliphatic carbocycles. The molecule has 6 heteroatoms. The molecule has 1 aromatic carbocycles. The first-order valence-corrected chi connectivity index (χ1v) is 7.65. The van der Waals surface area contributed by atoms with Gasteiger partial charge in [0.25, 0.3) is 0 Å². The zero-order valence-corrected chi connectivity index (χ0v) is 13.0. The number of imidazole rings is 1. The topological polar surface area (TPSA) is 64.7 Å². The fourth-order valence-corrected chi connectivity index (χ4v) is 2.35. The summed E-state index contributed by atoms with van der Waals surface area (Å²) < 4.78 is 3.58. The lowest BCUT2D eigenvalue weighted by molar-refractivity contribution is -0.116. The predicted octanol–water partition coefficient (Wildman–Crippen LogP) is 2.80. The molecule has 118 valence electrons. The second-order valence-corrected chi connectivity index (χ2v) is 5.31. The third-order valence-corrected chi connectivity index (χ3v) is 3.40. The van der Waals surface area contributed by atoms with Crippen molar-refractivity contribution < 1.29 is 4.79 Å². The maximum atomic E-state index is 12.1. The lowest BCUT2D eigenvalue weighted by atomic mass is 10.2. The van der Waals surface area contributed by atoms with E-state index in [9.17, 15) is 4.79 Å². The number of benzene rings is 1. The number of aromatic nitrogens is 4. The number of hydrogen-bond acceptors (Lipinski definition) is 3. The summed E-state index contributed by atoms with van der Waals surface area (Å²) in [6, 6.07) is 11.8. The standard InChI is InChI=1S/C17H19N5O/c1-2-9-21-11-16(18-13-21)19-17(23)12-22-10-8-15(20-22)14-6-4-3-5-7-14/h3-8,10-11,13H,2,9,12H2,1H3,(H,19,23). The zero-order valence-electron chi connectivity index (χ0n) is 13.0. The molecule has 0 bridgehead atoms. The molecule has 0 spiro atoms. The van der Waals surface area contributed by atoms with E-state index < -0.39 is 0 Å². The van der Waals surface area contributed by atoms with Crippen molar-refractivity contribution in [1.82, 2.24) is 19.3 Å². The number of rotatable bonds is 6. The minimum atomic E-state index is -0.144. The van der Waals surface area contributed by atoms with E-state index in [4.69, 9.17) is 0 Å². The third-order valence-electron chi connectivity index (χ3n) is 3.40. The maximum Gasteiger partial charge on any atom is 0.247 e. The summed E-state index contributed by atoms with van der Waals surface area (Å²) in [6.45, 7) is 3.15. The first-order chi connectivity index (χ1) is 11.2. The molecule has 2 aromatic heterocycles. The minimum Gasteiger partial charge on any atom is -0.335 e. The normalized spacial score (nSPS) is 10.7. The SMILES string of the molecule is CCCn1cnc(NC(=O)Cn2ccc(-c3ccccc3)n2)c1. The van der Waals surface area contributed by atoms with E-state index in [-0.39, 0.29) is 12.5 Å². The van der Waals surface area contributed by atoms with Crippen LogP contribution in [-0.2, 0) is 17.9 Å². The van der Waals surface area contributed by atoms with Gasteiger partial charge in [0.15, 0.2) is 5.82 Å².